The van der Waals surface area contributed by atoms with Gasteiger partial charge >= 0.3 is 0 Å². The Bertz CT molecular complexity index is 447. The maximum absolute atomic E-state index is 13.2. The van der Waals surface area contributed by atoms with Crippen LogP contribution in [0.15, 0.2) is 6.20 Å². The monoisotopic (exact) mass is 289 g/mol. The minimum atomic E-state index is -2.76. The Morgan fingerprint density at radius 3 is 2.60 bits per heavy atom. The summed E-state index contributed by atoms with van der Waals surface area (Å²) in [5.74, 6) is -0.373. The predicted molar refractivity (Wildman–Crippen MR) is 70.7 cm³/mol. The molecule has 0 saturated heterocycles. The fourth-order valence-corrected chi connectivity index (χ4v) is 1.98. The molecule has 0 unspecified atom stereocenters. The van der Waals surface area contributed by atoms with Crippen molar-refractivity contribution in [3.05, 3.63) is 17.5 Å². The largest absolute Gasteiger partial charge is 0.395 e. The Hall–Kier alpha value is -1.50. The number of aliphatic hydroxyl groups excluding tert-OH is 1. The number of alkyl halides is 2. The van der Waals surface area contributed by atoms with Crippen molar-refractivity contribution in [2.75, 3.05) is 19.7 Å². The highest BCUT2D eigenvalue weighted by molar-refractivity contribution is 5.95. The first kappa shape index (κ1) is 16.6. The Morgan fingerprint density at radius 1 is 1.50 bits per heavy atom. The molecule has 0 radical (unpaired) electrons. The molecule has 0 fully saturated rings. The fourth-order valence-electron chi connectivity index (χ4n) is 1.98. The lowest BCUT2D eigenvalue weighted by atomic mass is 10.2. The number of nitrogens with zero attached hydrogens (tertiary/aromatic N) is 3. The van der Waals surface area contributed by atoms with Gasteiger partial charge in [-0.1, -0.05) is 13.8 Å². The molecule has 0 aromatic carbocycles. The zero-order valence-corrected chi connectivity index (χ0v) is 12.0. The third kappa shape index (κ3) is 3.75. The van der Waals surface area contributed by atoms with Gasteiger partial charge < -0.3 is 10.0 Å². The van der Waals surface area contributed by atoms with E-state index in [-0.39, 0.29) is 30.3 Å². The molecule has 20 heavy (non-hydrogen) atoms. The number of carbonyl (C=O) groups excluding carboxylic acids is 1. The average Bonchev–Trinajstić information content (AvgIpc) is 2.77. The van der Waals surface area contributed by atoms with E-state index in [0.717, 1.165) is 0 Å². The first-order chi connectivity index (χ1) is 9.42. The highest BCUT2D eigenvalue weighted by atomic mass is 19.3. The summed E-state index contributed by atoms with van der Waals surface area (Å²) < 4.78 is 27.6. The first-order valence-corrected chi connectivity index (χ1v) is 6.66. The summed E-state index contributed by atoms with van der Waals surface area (Å²) in [5.41, 5.74) is -0.434. The molecular formula is C13H21F2N3O2. The van der Waals surface area contributed by atoms with E-state index in [1.165, 1.54) is 15.8 Å². The number of likely N-dealkylation sites (N-methyl/N-ethyl adjacent to an activating group) is 1. The van der Waals surface area contributed by atoms with Crippen molar-refractivity contribution in [3.63, 3.8) is 0 Å². The van der Waals surface area contributed by atoms with E-state index >= 15 is 0 Å². The van der Waals surface area contributed by atoms with Gasteiger partial charge in [0.05, 0.1) is 18.4 Å². The molecule has 0 saturated carbocycles. The van der Waals surface area contributed by atoms with Crippen molar-refractivity contribution in [2.45, 2.75) is 33.7 Å². The summed E-state index contributed by atoms with van der Waals surface area (Å²) in [4.78, 5) is 13.5. The van der Waals surface area contributed by atoms with Crippen molar-refractivity contribution < 1.29 is 18.7 Å². The van der Waals surface area contributed by atoms with Crippen LogP contribution < -0.4 is 0 Å². The number of aromatic nitrogens is 2. The number of amides is 1. The van der Waals surface area contributed by atoms with Gasteiger partial charge in [-0.15, -0.1) is 0 Å². The summed E-state index contributed by atoms with van der Waals surface area (Å²) >= 11 is 0. The van der Waals surface area contributed by atoms with Crippen LogP contribution in [0.3, 0.4) is 0 Å². The van der Waals surface area contributed by atoms with Crippen LogP contribution >= 0.6 is 0 Å². The van der Waals surface area contributed by atoms with Gasteiger partial charge in [0, 0.05) is 19.6 Å². The highest BCUT2D eigenvalue weighted by Gasteiger charge is 2.27. The lowest BCUT2D eigenvalue weighted by molar-refractivity contribution is 0.0717. The molecule has 0 aliphatic carbocycles. The number of aliphatic hydroxyl groups is 1. The van der Waals surface area contributed by atoms with Crippen molar-refractivity contribution in [3.8, 4) is 0 Å². The second kappa shape index (κ2) is 7.33. The quantitative estimate of drug-likeness (QED) is 0.834. The Balaban J connectivity index is 3.11. The Kier molecular flexibility index (Phi) is 6.06. The molecule has 5 nitrogen and oxygen atoms in total. The number of carbonyl (C=O) groups is 1. The van der Waals surface area contributed by atoms with Crippen LogP contribution in [-0.4, -0.2) is 45.4 Å². The predicted octanol–water partition coefficient (Wildman–Crippen LogP) is 1.93. The van der Waals surface area contributed by atoms with Crippen molar-refractivity contribution >= 4 is 5.91 Å². The summed E-state index contributed by atoms with van der Waals surface area (Å²) in [6.07, 6.45) is -1.57. The van der Waals surface area contributed by atoms with Crippen molar-refractivity contribution in [2.24, 2.45) is 5.92 Å². The summed E-state index contributed by atoms with van der Waals surface area (Å²) in [5, 5.41) is 12.8. The van der Waals surface area contributed by atoms with Gasteiger partial charge in [0.2, 0.25) is 0 Å². The second-order valence-electron chi connectivity index (χ2n) is 4.93. The van der Waals surface area contributed by atoms with Crippen LogP contribution in [0.1, 0.15) is 43.2 Å². The lowest BCUT2D eigenvalue weighted by Gasteiger charge is -2.20. The Labute approximate surface area is 117 Å². The fraction of sp³-hybridized carbons (Fsp3) is 0.692. The third-order valence-electron chi connectivity index (χ3n) is 2.89. The van der Waals surface area contributed by atoms with Crippen LogP contribution in [0.25, 0.3) is 0 Å². The van der Waals surface area contributed by atoms with E-state index in [2.05, 4.69) is 5.10 Å². The number of rotatable bonds is 7. The molecule has 1 heterocycles. The van der Waals surface area contributed by atoms with Gasteiger partial charge in [-0.3, -0.25) is 9.48 Å². The van der Waals surface area contributed by atoms with E-state index in [1.54, 1.807) is 6.92 Å². The smallest absolute Gasteiger partial charge is 0.280 e. The van der Waals surface area contributed by atoms with Crippen LogP contribution in [0.2, 0.25) is 0 Å². The van der Waals surface area contributed by atoms with Gasteiger partial charge in [-0.25, -0.2) is 8.78 Å². The average molecular weight is 289 g/mol. The van der Waals surface area contributed by atoms with Crippen molar-refractivity contribution in [1.29, 1.82) is 0 Å². The highest BCUT2D eigenvalue weighted by Crippen LogP contribution is 2.24. The van der Waals surface area contributed by atoms with Gasteiger partial charge in [-0.2, -0.15) is 5.10 Å². The third-order valence-corrected chi connectivity index (χ3v) is 2.89. The molecule has 1 aromatic rings. The standard InChI is InChI=1S/C13H21F2N3O2/c1-4-17(5-6-19)13(20)10-7-16-18(8-9(2)3)11(10)12(14)15/h7,9,12,19H,4-6,8H2,1-3H3. The second-order valence-corrected chi connectivity index (χ2v) is 4.93. The number of hydrogen-bond donors (Lipinski definition) is 1. The molecule has 114 valence electrons. The van der Waals surface area contributed by atoms with E-state index < -0.39 is 12.3 Å². The zero-order chi connectivity index (χ0) is 15.3. The minimum absolute atomic E-state index is 0.0871. The molecule has 0 aliphatic rings. The van der Waals surface area contributed by atoms with Crippen LogP contribution in [0.5, 0.6) is 0 Å². The molecule has 1 N–H and O–H groups in total. The summed E-state index contributed by atoms with van der Waals surface area (Å²) in [7, 11) is 0. The molecule has 7 heteroatoms. The first-order valence-electron chi connectivity index (χ1n) is 6.66. The lowest BCUT2D eigenvalue weighted by Crippen LogP contribution is -2.33. The normalized spacial score (nSPS) is 11.4. The van der Waals surface area contributed by atoms with E-state index in [9.17, 15) is 13.6 Å². The van der Waals surface area contributed by atoms with Crippen molar-refractivity contribution in [1.82, 2.24) is 14.7 Å². The van der Waals surface area contributed by atoms with Crippen LogP contribution in [-0.2, 0) is 6.54 Å². The molecule has 0 spiro atoms. The maximum atomic E-state index is 13.2. The van der Waals surface area contributed by atoms with Gasteiger partial charge in [0.15, 0.2) is 0 Å². The van der Waals surface area contributed by atoms with E-state index in [0.29, 0.717) is 13.1 Å². The van der Waals surface area contributed by atoms with Gasteiger partial charge in [0.25, 0.3) is 12.3 Å². The van der Waals surface area contributed by atoms with E-state index in [1.807, 2.05) is 13.8 Å². The molecule has 1 rings (SSSR count). The summed E-state index contributed by atoms with van der Waals surface area (Å²) in [6.45, 7) is 6.10. The topological polar surface area (TPSA) is 58.4 Å². The van der Waals surface area contributed by atoms with Gasteiger partial charge in [-0.05, 0) is 12.8 Å². The number of halogens is 2. The van der Waals surface area contributed by atoms with Crippen LogP contribution in [0.4, 0.5) is 8.78 Å². The molecule has 1 aromatic heterocycles. The van der Waals surface area contributed by atoms with E-state index in [4.69, 9.17) is 5.11 Å². The number of hydrogen-bond acceptors (Lipinski definition) is 3. The summed E-state index contributed by atoms with van der Waals surface area (Å²) in [6, 6.07) is 0. The molecular weight excluding hydrogens is 268 g/mol. The SMILES string of the molecule is CCN(CCO)C(=O)c1cnn(CC(C)C)c1C(F)F. The molecule has 1 amide bonds. The molecule has 0 aliphatic heterocycles. The Morgan fingerprint density at radius 2 is 2.15 bits per heavy atom. The van der Waals surface area contributed by atoms with Gasteiger partial charge in [0.1, 0.15) is 5.69 Å². The maximum Gasteiger partial charge on any atom is 0.280 e. The molecule has 0 atom stereocenters. The zero-order valence-electron chi connectivity index (χ0n) is 12.0. The van der Waals surface area contributed by atoms with Crippen LogP contribution in [0, 0.1) is 5.92 Å². The molecule has 0 bridgehead atoms. The minimum Gasteiger partial charge on any atom is -0.395 e.